The Kier molecular flexibility index (Phi) is 3.98. The number of amides is 1. The van der Waals surface area contributed by atoms with E-state index in [1.807, 2.05) is 0 Å². The van der Waals surface area contributed by atoms with Gasteiger partial charge in [-0.2, -0.15) is 0 Å². The van der Waals surface area contributed by atoms with Gasteiger partial charge in [0.2, 0.25) is 5.91 Å². The molecule has 1 heterocycles. The normalized spacial score (nSPS) is 10.4. The molecule has 0 radical (unpaired) electrons. The lowest BCUT2D eigenvalue weighted by molar-refractivity contribution is -0.116. The fourth-order valence-electron chi connectivity index (χ4n) is 1.50. The number of nitrogens with zero attached hydrogens (tertiary/aromatic N) is 1. The zero-order valence-electron chi connectivity index (χ0n) is 9.96. The van der Waals surface area contributed by atoms with E-state index in [1.54, 1.807) is 11.4 Å². The van der Waals surface area contributed by atoms with Gasteiger partial charge in [0, 0.05) is 30.0 Å². The van der Waals surface area contributed by atoms with E-state index in [9.17, 15) is 15.0 Å². The number of aromatic nitrogens is 1. The Labute approximate surface area is 113 Å². The summed E-state index contributed by atoms with van der Waals surface area (Å²) in [6, 6.07) is 4.26. The Hall–Kier alpha value is -2.12. The highest BCUT2D eigenvalue weighted by Crippen LogP contribution is 2.33. The van der Waals surface area contributed by atoms with Gasteiger partial charge in [0.25, 0.3) is 0 Å². The van der Waals surface area contributed by atoms with Crippen LogP contribution in [0.1, 0.15) is 6.42 Å². The molecule has 0 aliphatic rings. The van der Waals surface area contributed by atoms with Crippen LogP contribution in [0, 0.1) is 0 Å². The van der Waals surface area contributed by atoms with Crippen LogP contribution in [-0.2, 0) is 4.79 Å². The molecule has 0 fully saturated rings. The van der Waals surface area contributed by atoms with Gasteiger partial charge in [-0.3, -0.25) is 4.79 Å². The average molecular weight is 279 g/mol. The summed E-state index contributed by atoms with van der Waals surface area (Å²) in [5, 5.41) is 23.7. The molecule has 19 heavy (non-hydrogen) atoms. The van der Waals surface area contributed by atoms with Gasteiger partial charge in [-0.05, 0) is 12.1 Å². The van der Waals surface area contributed by atoms with E-state index < -0.39 is 0 Å². The third-order valence-corrected chi connectivity index (χ3v) is 3.14. The molecule has 0 atom stereocenters. The lowest BCUT2D eigenvalue weighted by atomic mass is 10.1. The van der Waals surface area contributed by atoms with E-state index in [-0.39, 0.29) is 30.4 Å². The van der Waals surface area contributed by atoms with Crippen molar-refractivity contribution in [1.82, 2.24) is 4.98 Å². The van der Waals surface area contributed by atoms with Crippen molar-refractivity contribution >= 4 is 22.4 Å². The van der Waals surface area contributed by atoms with E-state index in [0.29, 0.717) is 16.4 Å². The largest absolute Gasteiger partial charge is 0.508 e. The van der Waals surface area contributed by atoms with Crippen LogP contribution in [-0.4, -0.2) is 27.6 Å². The van der Waals surface area contributed by atoms with Gasteiger partial charge < -0.3 is 21.3 Å². The van der Waals surface area contributed by atoms with Gasteiger partial charge in [-0.1, -0.05) is 0 Å². The van der Waals surface area contributed by atoms with Crippen LogP contribution in [0.3, 0.4) is 0 Å². The average Bonchev–Trinajstić information content (AvgIpc) is 2.77. The maximum atomic E-state index is 11.4. The molecule has 2 aromatic rings. The van der Waals surface area contributed by atoms with Crippen molar-refractivity contribution in [3.05, 3.63) is 23.6 Å². The number of hydrogen-bond donors (Lipinski definition) is 4. The van der Waals surface area contributed by atoms with Gasteiger partial charge in [-0.25, -0.2) is 4.98 Å². The topological polar surface area (TPSA) is 108 Å². The van der Waals surface area contributed by atoms with E-state index >= 15 is 0 Å². The zero-order valence-corrected chi connectivity index (χ0v) is 10.8. The molecule has 0 unspecified atom stereocenters. The number of benzene rings is 1. The van der Waals surface area contributed by atoms with Crippen molar-refractivity contribution < 1.29 is 15.0 Å². The quantitative estimate of drug-likeness (QED) is 0.678. The van der Waals surface area contributed by atoms with E-state index in [2.05, 4.69) is 10.3 Å². The molecule has 1 aromatic heterocycles. The van der Waals surface area contributed by atoms with Crippen LogP contribution >= 0.6 is 11.3 Å². The van der Waals surface area contributed by atoms with Crippen molar-refractivity contribution in [2.45, 2.75) is 6.42 Å². The molecule has 0 aliphatic heterocycles. The number of phenols is 2. The Bertz CT molecular complexity index is 598. The first-order valence-corrected chi connectivity index (χ1v) is 6.46. The number of carbonyl (C=O) groups is 1. The SMILES string of the molecule is NCCC(=O)Nc1nc(-c2ccc(O)cc2O)cs1. The summed E-state index contributed by atoms with van der Waals surface area (Å²) in [6.07, 6.45) is 0.235. The van der Waals surface area contributed by atoms with Gasteiger partial charge in [0.15, 0.2) is 5.13 Å². The molecule has 6 nitrogen and oxygen atoms in total. The van der Waals surface area contributed by atoms with E-state index in [0.717, 1.165) is 0 Å². The van der Waals surface area contributed by atoms with Crippen LogP contribution in [0.4, 0.5) is 5.13 Å². The minimum absolute atomic E-state index is 0.0204. The van der Waals surface area contributed by atoms with Crippen molar-refractivity contribution in [2.75, 3.05) is 11.9 Å². The second-order valence-corrected chi connectivity index (χ2v) is 4.68. The van der Waals surface area contributed by atoms with Gasteiger partial charge in [0.1, 0.15) is 11.5 Å². The monoisotopic (exact) mass is 279 g/mol. The van der Waals surface area contributed by atoms with Gasteiger partial charge >= 0.3 is 0 Å². The summed E-state index contributed by atoms with van der Waals surface area (Å²) in [7, 11) is 0. The Morgan fingerprint density at radius 3 is 2.89 bits per heavy atom. The van der Waals surface area contributed by atoms with Gasteiger partial charge in [-0.15, -0.1) is 11.3 Å². The second-order valence-electron chi connectivity index (χ2n) is 3.83. The first-order valence-electron chi connectivity index (χ1n) is 5.58. The molecule has 0 bridgehead atoms. The fraction of sp³-hybridized carbons (Fsp3) is 0.167. The van der Waals surface area contributed by atoms with E-state index in [4.69, 9.17) is 5.73 Å². The zero-order chi connectivity index (χ0) is 13.8. The molecule has 0 saturated carbocycles. The molecular weight excluding hydrogens is 266 g/mol. The predicted molar refractivity (Wildman–Crippen MR) is 73.2 cm³/mol. The van der Waals surface area contributed by atoms with Crippen molar-refractivity contribution in [1.29, 1.82) is 0 Å². The van der Waals surface area contributed by atoms with Crippen molar-refractivity contribution in [3.8, 4) is 22.8 Å². The Morgan fingerprint density at radius 1 is 1.42 bits per heavy atom. The summed E-state index contributed by atoms with van der Waals surface area (Å²) in [5.74, 6) is -0.281. The minimum Gasteiger partial charge on any atom is -0.508 e. The lowest BCUT2D eigenvalue weighted by Crippen LogP contribution is -2.15. The number of rotatable bonds is 4. The number of hydrogen-bond acceptors (Lipinski definition) is 6. The number of nitrogens with one attached hydrogen (secondary N) is 1. The summed E-state index contributed by atoms with van der Waals surface area (Å²) in [4.78, 5) is 15.6. The molecule has 1 amide bonds. The molecule has 100 valence electrons. The van der Waals surface area contributed by atoms with Crippen molar-refractivity contribution in [3.63, 3.8) is 0 Å². The number of aromatic hydroxyl groups is 2. The second kappa shape index (κ2) is 5.68. The number of anilines is 1. The van der Waals surface area contributed by atoms with Crippen LogP contribution in [0.5, 0.6) is 11.5 Å². The highest BCUT2D eigenvalue weighted by atomic mass is 32.1. The molecule has 0 saturated heterocycles. The van der Waals surface area contributed by atoms with Gasteiger partial charge in [0.05, 0.1) is 5.69 Å². The standard InChI is InChI=1S/C12H13N3O3S/c13-4-3-11(18)15-12-14-9(6-19-12)8-2-1-7(16)5-10(8)17/h1-2,5-6,16-17H,3-4,13H2,(H,14,15,18). The molecule has 0 spiro atoms. The summed E-state index contributed by atoms with van der Waals surface area (Å²) >= 11 is 1.25. The first kappa shape index (κ1) is 13.3. The molecule has 7 heteroatoms. The Balaban J connectivity index is 2.18. The van der Waals surface area contributed by atoms with E-state index in [1.165, 1.54) is 23.5 Å². The summed E-state index contributed by atoms with van der Waals surface area (Å²) in [5.41, 5.74) is 6.31. The van der Waals surface area contributed by atoms with Crippen LogP contribution in [0.25, 0.3) is 11.3 Å². The molecular formula is C12H13N3O3S. The number of phenolic OH excluding ortho intramolecular Hbond substituents is 2. The predicted octanol–water partition coefficient (Wildman–Crippen LogP) is 1.51. The maximum absolute atomic E-state index is 11.4. The van der Waals surface area contributed by atoms with Crippen LogP contribution in [0.15, 0.2) is 23.6 Å². The first-order chi connectivity index (χ1) is 9.10. The Morgan fingerprint density at radius 2 is 2.21 bits per heavy atom. The van der Waals surface area contributed by atoms with Crippen LogP contribution in [0.2, 0.25) is 0 Å². The molecule has 0 aliphatic carbocycles. The highest BCUT2D eigenvalue weighted by molar-refractivity contribution is 7.14. The maximum Gasteiger partial charge on any atom is 0.227 e. The highest BCUT2D eigenvalue weighted by Gasteiger charge is 2.11. The fourth-order valence-corrected chi connectivity index (χ4v) is 2.23. The number of nitrogens with two attached hydrogens (primary N) is 1. The summed E-state index contributed by atoms with van der Waals surface area (Å²) in [6.45, 7) is 0.281. The number of thiazole rings is 1. The summed E-state index contributed by atoms with van der Waals surface area (Å²) < 4.78 is 0. The third-order valence-electron chi connectivity index (χ3n) is 2.38. The minimum atomic E-state index is -0.196. The molecule has 5 N–H and O–H groups in total. The molecule has 2 rings (SSSR count). The van der Waals surface area contributed by atoms with Crippen LogP contribution < -0.4 is 11.1 Å². The number of carbonyl (C=O) groups excluding carboxylic acids is 1. The molecule has 1 aromatic carbocycles. The lowest BCUT2D eigenvalue weighted by Gasteiger charge is -2.02. The third kappa shape index (κ3) is 3.21. The van der Waals surface area contributed by atoms with Crippen molar-refractivity contribution in [2.24, 2.45) is 5.73 Å². The smallest absolute Gasteiger partial charge is 0.227 e.